The summed E-state index contributed by atoms with van der Waals surface area (Å²) < 4.78 is 0. The van der Waals surface area contributed by atoms with E-state index in [4.69, 9.17) is 0 Å². The number of rotatable bonds is 4. The first-order valence-corrected chi connectivity index (χ1v) is 6.94. The molecule has 1 aromatic heterocycles. The van der Waals surface area contributed by atoms with Crippen LogP contribution in [0.2, 0.25) is 0 Å². The van der Waals surface area contributed by atoms with Gasteiger partial charge in [-0.1, -0.05) is 31.2 Å². The van der Waals surface area contributed by atoms with Crippen LogP contribution in [0, 0.1) is 13.8 Å². The number of thiophene rings is 1. The molecule has 90 valence electrons. The summed E-state index contributed by atoms with van der Waals surface area (Å²) in [5.41, 5.74) is 4.11. The van der Waals surface area contributed by atoms with Gasteiger partial charge in [0, 0.05) is 4.88 Å². The SMILES string of the molecule is CCNC(c1csc(C)c1)c1ccccc1C. The Morgan fingerprint density at radius 3 is 2.59 bits per heavy atom. The fraction of sp³-hybridized carbons (Fsp3) is 0.333. The molecule has 2 rings (SSSR count). The monoisotopic (exact) mass is 245 g/mol. The van der Waals surface area contributed by atoms with Crippen molar-refractivity contribution in [2.75, 3.05) is 6.54 Å². The van der Waals surface area contributed by atoms with Gasteiger partial charge in [-0.2, -0.15) is 0 Å². The lowest BCUT2D eigenvalue weighted by Gasteiger charge is -2.19. The molecule has 0 radical (unpaired) electrons. The Hall–Kier alpha value is -1.12. The van der Waals surface area contributed by atoms with Crippen molar-refractivity contribution in [3.05, 3.63) is 57.3 Å². The quantitative estimate of drug-likeness (QED) is 0.856. The highest BCUT2D eigenvalue weighted by atomic mass is 32.1. The van der Waals surface area contributed by atoms with Crippen LogP contribution in [-0.2, 0) is 0 Å². The third-order valence-electron chi connectivity index (χ3n) is 2.99. The molecule has 1 heterocycles. The van der Waals surface area contributed by atoms with E-state index >= 15 is 0 Å². The van der Waals surface area contributed by atoms with Gasteiger partial charge in [0.15, 0.2) is 0 Å². The molecule has 0 aliphatic carbocycles. The number of benzene rings is 1. The predicted octanol–water partition coefficient (Wildman–Crippen LogP) is 4.06. The fourth-order valence-electron chi connectivity index (χ4n) is 2.14. The van der Waals surface area contributed by atoms with Crippen LogP contribution >= 0.6 is 11.3 Å². The zero-order chi connectivity index (χ0) is 12.3. The van der Waals surface area contributed by atoms with Gasteiger partial charge in [0.1, 0.15) is 0 Å². The van der Waals surface area contributed by atoms with Crippen molar-refractivity contribution in [3.63, 3.8) is 0 Å². The average Bonchev–Trinajstić information content (AvgIpc) is 2.74. The number of aryl methyl sites for hydroxylation is 2. The molecule has 1 aromatic carbocycles. The highest BCUT2D eigenvalue weighted by molar-refractivity contribution is 7.10. The van der Waals surface area contributed by atoms with Crippen molar-refractivity contribution in [3.8, 4) is 0 Å². The molecule has 1 unspecified atom stereocenters. The first-order valence-electron chi connectivity index (χ1n) is 6.06. The van der Waals surface area contributed by atoms with Gasteiger partial charge >= 0.3 is 0 Å². The molecular formula is C15H19NS. The van der Waals surface area contributed by atoms with Crippen LogP contribution in [0.3, 0.4) is 0 Å². The van der Waals surface area contributed by atoms with Crippen LogP contribution in [0.4, 0.5) is 0 Å². The first-order chi connectivity index (χ1) is 8.22. The molecule has 0 saturated carbocycles. The lowest BCUT2D eigenvalue weighted by Crippen LogP contribution is -2.22. The molecule has 1 N–H and O–H groups in total. The number of hydrogen-bond donors (Lipinski definition) is 1. The van der Waals surface area contributed by atoms with Crippen LogP contribution in [0.1, 0.15) is 34.5 Å². The van der Waals surface area contributed by atoms with Gasteiger partial charge in [0.05, 0.1) is 6.04 Å². The second-order valence-corrected chi connectivity index (χ2v) is 5.45. The van der Waals surface area contributed by atoms with Crippen LogP contribution in [-0.4, -0.2) is 6.54 Å². The molecular weight excluding hydrogens is 226 g/mol. The molecule has 0 saturated heterocycles. The van der Waals surface area contributed by atoms with Crippen LogP contribution in [0.5, 0.6) is 0 Å². The van der Waals surface area contributed by atoms with E-state index in [1.165, 1.54) is 21.6 Å². The zero-order valence-electron chi connectivity index (χ0n) is 10.7. The topological polar surface area (TPSA) is 12.0 Å². The summed E-state index contributed by atoms with van der Waals surface area (Å²) in [4.78, 5) is 1.37. The van der Waals surface area contributed by atoms with E-state index < -0.39 is 0 Å². The second-order valence-electron chi connectivity index (χ2n) is 4.34. The molecule has 2 aromatic rings. The van der Waals surface area contributed by atoms with Crippen molar-refractivity contribution >= 4 is 11.3 Å². The number of hydrogen-bond acceptors (Lipinski definition) is 2. The van der Waals surface area contributed by atoms with E-state index in [0.717, 1.165) is 6.54 Å². The van der Waals surface area contributed by atoms with Gasteiger partial charge < -0.3 is 5.32 Å². The average molecular weight is 245 g/mol. The molecule has 0 amide bonds. The second kappa shape index (κ2) is 5.48. The van der Waals surface area contributed by atoms with Crippen molar-refractivity contribution in [2.24, 2.45) is 0 Å². The van der Waals surface area contributed by atoms with Crippen LogP contribution < -0.4 is 5.32 Å². The molecule has 2 heteroatoms. The third kappa shape index (κ3) is 2.76. The number of nitrogens with one attached hydrogen (secondary N) is 1. The third-order valence-corrected chi connectivity index (χ3v) is 3.87. The largest absolute Gasteiger partial charge is 0.306 e. The highest BCUT2D eigenvalue weighted by Crippen LogP contribution is 2.28. The highest BCUT2D eigenvalue weighted by Gasteiger charge is 2.15. The van der Waals surface area contributed by atoms with Gasteiger partial charge in [-0.05, 0) is 48.5 Å². The Labute approximate surface area is 108 Å². The van der Waals surface area contributed by atoms with Crippen molar-refractivity contribution < 1.29 is 0 Å². The molecule has 1 atom stereocenters. The van der Waals surface area contributed by atoms with E-state index in [9.17, 15) is 0 Å². The van der Waals surface area contributed by atoms with Crippen LogP contribution in [0.15, 0.2) is 35.7 Å². The summed E-state index contributed by atoms with van der Waals surface area (Å²) in [7, 11) is 0. The normalized spacial score (nSPS) is 12.6. The van der Waals surface area contributed by atoms with E-state index in [2.05, 4.69) is 61.8 Å². The molecule has 0 aliphatic rings. The van der Waals surface area contributed by atoms with E-state index in [-0.39, 0.29) is 0 Å². The lowest BCUT2D eigenvalue weighted by atomic mass is 9.96. The molecule has 0 bridgehead atoms. The fourth-order valence-corrected chi connectivity index (χ4v) is 2.87. The Morgan fingerprint density at radius 2 is 2.00 bits per heavy atom. The maximum atomic E-state index is 3.58. The van der Waals surface area contributed by atoms with E-state index in [1.54, 1.807) is 0 Å². The lowest BCUT2D eigenvalue weighted by molar-refractivity contribution is 0.629. The molecule has 0 spiro atoms. The maximum Gasteiger partial charge on any atom is 0.0587 e. The van der Waals surface area contributed by atoms with E-state index in [0.29, 0.717) is 6.04 Å². The summed E-state index contributed by atoms with van der Waals surface area (Å²) in [6, 6.07) is 11.2. The maximum absolute atomic E-state index is 3.58. The molecule has 0 fully saturated rings. The van der Waals surface area contributed by atoms with E-state index in [1.807, 2.05) is 11.3 Å². The minimum Gasteiger partial charge on any atom is -0.306 e. The first kappa shape index (κ1) is 12.3. The van der Waals surface area contributed by atoms with Crippen LogP contribution in [0.25, 0.3) is 0 Å². The van der Waals surface area contributed by atoms with Gasteiger partial charge in [-0.15, -0.1) is 11.3 Å². The molecule has 17 heavy (non-hydrogen) atoms. The summed E-state index contributed by atoms with van der Waals surface area (Å²) in [5.74, 6) is 0. The van der Waals surface area contributed by atoms with Gasteiger partial charge in [-0.25, -0.2) is 0 Å². The van der Waals surface area contributed by atoms with Crippen molar-refractivity contribution in [1.29, 1.82) is 0 Å². The minimum atomic E-state index is 0.325. The smallest absolute Gasteiger partial charge is 0.0587 e. The Balaban J connectivity index is 2.39. The van der Waals surface area contributed by atoms with Gasteiger partial charge in [0.2, 0.25) is 0 Å². The minimum absolute atomic E-state index is 0.325. The van der Waals surface area contributed by atoms with Gasteiger partial charge in [-0.3, -0.25) is 0 Å². The predicted molar refractivity (Wildman–Crippen MR) is 75.8 cm³/mol. The molecule has 1 nitrogen and oxygen atoms in total. The Morgan fingerprint density at radius 1 is 1.24 bits per heavy atom. The van der Waals surface area contributed by atoms with Crippen molar-refractivity contribution in [1.82, 2.24) is 5.32 Å². The summed E-state index contributed by atoms with van der Waals surface area (Å²) in [5, 5.41) is 5.84. The van der Waals surface area contributed by atoms with Crippen molar-refractivity contribution in [2.45, 2.75) is 26.8 Å². The summed E-state index contributed by atoms with van der Waals surface area (Å²) in [6.07, 6.45) is 0. The summed E-state index contributed by atoms with van der Waals surface area (Å²) >= 11 is 1.82. The standard InChI is InChI=1S/C15H19NS/c1-4-16-15(13-9-12(3)17-10-13)14-8-6-5-7-11(14)2/h5-10,15-16H,4H2,1-3H3. The Kier molecular flexibility index (Phi) is 3.97. The molecule has 0 aliphatic heterocycles. The Bertz CT molecular complexity index is 487. The summed E-state index contributed by atoms with van der Waals surface area (Å²) in [6.45, 7) is 7.48. The van der Waals surface area contributed by atoms with Gasteiger partial charge in [0.25, 0.3) is 0 Å². The zero-order valence-corrected chi connectivity index (χ0v) is 11.5.